The van der Waals surface area contributed by atoms with Crippen molar-refractivity contribution in [1.29, 1.82) is 0 Å². The second-order valence-corrected chi connectivity index (χ2v) is 5.25. The van der Waals surface area contributed by atoms with Crippen molar-refractivity contribution in [2.45, 2.75) is 25.7 Å². The van der Waals surface area contributed by atoms with Crippen molar-refractivity contribution in [2.75, 3.05) is 39.8 Å². The van der Waals surface area contributed by atoms with Crippen LogP contribution < -0.4 is 10.1 Å². The van der Waals surface area contributed by atoms with Crippen LogP contribution in [0, 0.1) is 0 Å². The van der Waals surface area contributed by atoms with E-state index in [2.05, 4.69) is 34.5 Å². The van der Waals surface area contributed by atoms with E-state index in [9.17, 15) is 0 Å². The molecule has 1 aromatic rings. The summed E-state index contributed by atoms with van der Waals surface area (Å²) in [6.07, 6.45) is 4.94. The maximum atomic E-state index is 5.78. The van der Waals surface area contributed by atoms with E-state index in [-0.39, 0.29) is 0 Å². The lowest BCUT2D eigenvalue weighted by Gasteiger charge is -2.14. The van der Waals surface area contributed by atoms with E-state index in [1.54, 1.807) is 0 Å². The minimum absolute atomic E-state index is 0.826. The molecule has 0 aromatic heterocycles. The molecule has 1 aliphatic heterocycles. The first-order valence-corrected chi connectivity index (χ1v) is 7.47. The lowest BCUT2D eigenvalue weighted by Crippen LogP contribution is -2.21. The molecule has 3 nitrogen and oxygen atoms in total. The van der Waals surface area contributed by atoms with Gasteiger partial charge < -0.3 is 15.0 Å². The lowest BCUT2D eigenvalue weighted by atomic mass is 10.1. The molecule has 1 saturated heterocycles. The monoisotopic (exact) mass is 262 g/mol. The Labute approximate surface area is 116 Å². The maximum Gasteiger partial charge on any atom is 0.119 e. The topological polar surface area (TPSA) is 24.5 Å². The van der Waals surface area contributed by atoms with Crippen LogP contribution in [0.1, 0.15) is 24.8 Å². The molecule has 1 heterocycles. The largest absolute Gasteiger partial charge is 0.494 e. The zero-order chi connectivity index (χ0) is 13.3. The van der Waals surface area contributed by atoms with E-state index in [4.69, 9.17) is 4.74 Å². The first kappa shape index (κ1) is 14.4. The van der Waals surface area contributed by atoms with Crippen LogP contribution in [0.25, 0.3) is 0 Å². The third-order valence-electron chi connectivity index (χ3n) is 3.67. The fourth-order valence-corrected chi connectivity index (χ4v) is 2.51. The van der Waals surface area contributed by atoms with Gasteiger partial charge in [0.1, 0.15) is 5.75 Å². The Bertz CT molecular complexity index is 344. The zero-order valence-corrected chi connectivity index (χ0v) is 12.0. The fraction of sp³-hybridized carbons (Fsp3) is 0.625. The van der Waals surface area contributed by atoms with E-state index >= 15 is 0 Å². The van der Waals surface area contributed by atoms with Crippen molar-refractivity contribution < 1.29 is 4.74 Å². The van der Waals surface area contributed by atoms with Crippen LogP contribution in [0.2, 0.25) is 0 Å². The highest BCUT2D eigenvalue weighted by Crippen LogP contribution is 2.13. The SMILES string of the molecule is CNCCc1ccc(OCCCN2CCCC2)cc1. The summed E-state index contributed by atoms with van der Waals surface area (Å²) < 4.78 is 5.78. The molecular formula is C16H26N2O. The first-order chi connectivity index (χ1) is 9.38. The minimum Gasteiger partial charge on any atom is -0.494 e. The smallest absolute Gasteiger partial charge is 0.119 e. The van der Waals surface area contributed by atoms with Crippen LogP contribution in [0.5, 0.6) is 5.75 Å². The summed E-state index contributed by atoms with van der Waals surface area (Å²) in [5.41, 5.74) is 1.36. The van der Waals surface area contributed by atoms with Gasteiger partial charge in [-0.15, -0.1) is 0 Å². The third-order valence-corrected chi connectivity index (χ3v) is 3.67. The number of ether oxygens (including phenoxy) is 1. The van der Waals surface area contributed by atoms with Crippen LogP contribution in [0.4, 0.5) is 0 Å². The Kier molecular flexibility index (Phi) is 6.18. The average Bonchev–Trinajstić information content (AvgIpc) is 2.96. The number of nitrogens with zero attached hydrogens (tertiary/aromatic N) is 1. The van der Waals surface area contributed by atoms with Crippen molar-refractivity contribution in [3.63, 3.8) is 0 Å². The molecule has 0 saturated carbocycles. The van der Waals surface area contributed by atoms with Crippen LogP contribution in [-0.4, -0.2) is 44.7 Å². The molecule has 3 heteroatoms. The summed E-state index contributed by atoms with van der Waals surface area (Å²) in [6, 6.07) is 8.49. The molecular weight excluding hydrogens is 236 g/mol. The van der Waals surface area contributed by atoms with Gasteiger partial charge >= 0.3 is 0 Å². The van der Waals surface area contributed by atoms with E-state index < -0.39 is 0 Å². The van der Waals surface area contributed by atoms with Crippen LogP contribution in [-0.2, 0) is 6.42 Å². The summed E-state index contributed by atoms with van der Waals surface area (Å²) in [4.78, 5) is 2.53. The summed E-state index contributed by atoms with van der Waals surface area (Å²) in [6.45, 7) is 5.59. The van der Waals surface area contributed by atoms with Gasteiger partial charge in [-0.1, -0.05) is 12.1 Å². The summed E-state index contributed by atoms with van der Waals surface area (Å²) >= 11 is 0. The highest BCUT2D eigenvalue weighted by molar-refractivity contribution is 5.27. The number of rotatable bonds is 8. The Morgan fingerprint density at radius 3 is 2.58 bits per heavy atom. The molecule has 0 bridgehead atoms. The Morgan fingerprint density at radius 2 is 1.89 bits per heavy atom. The maximum absolute atomic E-state index is 5.78. The normalized spacial score (nSPS) is 15.8. The lowest BCUT2D eigenvalue weighted by molar-refractivity contribution is 0.263. The van der Waals surface area contributed by atoms with Crippen molar-refractivity contribution in [1.82, 2.24) is 10.2 Å². The molecule has 0 atom stereocenters. The van der Waals surface area contributed by atoms with Gasteiger partial charge in [-0.25, -0.2) is 0 Å². The zero-order valence-electron chi connectivity index (χ0n) is 12.0. The molecule has 1 aliphatic rings. The predicted molar refractivity (Wildman–Crippen MR) is 79.9 cm³/mol. The van der Waals surface area contributed by atoms with Gasteiger partial charge in [0.2, 0.25) is 0 Å². The quantitative estimate of drug-likeness (QED) is 0.728. The Morgan fingerprint density at radius 1 is 1.16 bits per heavy atom. The van der Waals surface area contributed by atoms with E-state index in [0.717, 1.165) is 31.7 Å². The number of hydrogen-bond donors (Lipinski definition) is 1. The number of benzene rings is 1. The second-order valence-electron chi connectivity index (χ2n) is 5.25. The van der Waals surface area contributed by atoms with Gasteiger partial charge in [0.25, 0.3) is 0 Å². The summed E-state index contributed by atoms with van der Waals surface area (Å²) in [7, 11) is 1.98. The van der Waals surface area contributed by atoms with Gasteiger partial charge in [0, 0.05) is 6.54 Å². The highest BCUT2D eigenvalue weighted by Gasteiger charge is 2.10. The fourth-order valence-electron chi connectivity index (χ4n) is 2.51. The number of nitrogens with one attached hydrogen (secondary N) is 1. The van der Waals surface area contributed by atoms with Gasteiger partial charge in [0.05, 0.1) is 6.61 Å². The van der Waals surface area contributed by atoms with Crippen LogP contribution >= 0.6 is 0 Å². The Hall–Kier alpha value is -1.06. The van der Waals surface area contributed by atoms with E-state index in [1.807, 2.05) is 7.05 Å². The third kappa shape index (κ3) is 5.21. The molecule has 0 aliphatic carbocycles. The van der Waals surface area contributed by atoms with Crippen molar-refractivity contribution in [3.8, 4) is 5.75 Å². The van der Waals surface area contributed by atoms with Crippen molar-refractivity contribution in [3.05, 3.63) is 29.8 Å². The molecule has 0 unspecified atom stereocenters. The molecule has 1 aromatic carbocycles. The van der Waals surface area contributed by atoms with Gasteiger partial charge in [-0.2, -0.15) is 0 Å². The molecule has 0 radical (unpaired) electrons. The minimum atomic E-state index is 0.826. The molecule has 0 amide bonds. The molecule has 2 rings (SSSR count). The summed E-state index contributed by atoms with van der Waals surface area (Å²) in [5.74, 6) is 0.995. The van der Waals surface area contributed by atoms with E-state index in [1.165, 1.54) is 38.0 Å². The van der Waals surface area contributed by atoms with E-state index in [0.29, 0.717) is 0 Å². The van der Waals surface area contributed by atoms with Gasteiger partial charge in [-0.05, 0) is 70.1 Å². The van der Waals surface area contributed by atoms with Crippen molar-refractivity contribution >= 4 is 0 Å². The highest BCUT2D eigenvalue weighted by atomic mass is 16.5. The molecule has 106 valence electrons. The Balaban J connectivity index is 1.62. The average molecular weight is 262 g/mol. The number of likely N-dealkylation sites (N-methyl/N-ethyl adjacent to an activating group) is 1. The molecule has 19 heavy (non-hydrogen) atoms. The molecule has 1 fully saturated rings. The van der Waals surface area contributed by atoms with Gasteiger partial charge in [0.15, 0.2) is 0 Å². The van der Waals surface area contributed by atoms with Crippen LogP contribution in [0.3, 0.4) is 0 Å². The summed E-state index contributed by atoms with van der Waals surface area (Å²) in [5, 5.41) is 3.16. The molecule has 1 N–H and O–H groups in total. The number of likely N-dealkylation sites (tertiary alicyclic amines) is 1. The first-order valence-electron chi connectivity index (χ1n) is 7.47. The number of hydrogen-bond acceptors (Lipinski definition) is 3. The van der Waals surface area contributed by atoms with Crippen molar-refractivity contribution in [2.24, 2.45) is 0 Å². The predicted octanol–water partition coefficient (Wildman–Crippen LogP) is 2.31. The van der Waals surface area contributed by atoms with Gasteiger partial charge in [-0.3, -0.25) is 0 Å². The molecule has 0 spiro atoms. The standard InChI is InChI=1S/C16H26N2O/c1-17-10-9-15-5-7-16(8-6-15)19-14-4-13-18-11-2-3-12-18/h5-8,17H,2-4,9-14H2,1H3. The van der Waals surface area contributed by atoms with Crippen LogP contribution in [0.15, 0.2) is 24.3 Å². The second kappa shape index (κ2) is 8.18.